The predicted octanol–water partition coefficient (Wildman–Crippen LogP) is 0.328. The van der Waals surface area contributed by atoms with Crippen molar-refractivity contribution in [3.05, 3.63) is 0 Å². The van der Waals surface area contributed by atoms with Crippen LogP contribution >= 0.6 is 0 Å². The maximum absolute atomic E-state index is 12.1. The van der Waals surface area contributed by atoms with Crippen LogP contribution in [0.1, 0.15) is 26.7 Å². The quantitative estimate of drug-likeness (QED) is 0.715. The number of ether oxygens (including phenoxy) is 1. The molecule has 1 heterocycles. The van der Waals surface area contributed by atoms with E-state index in [2.05, 4.69) is 6.92 Å². The summed E-state index contributed by atoms with van der Waals surface area (Å²) in [7, 11) is 0. The van der Waals surface area contributed by atoms with Crippen LogP contribution in [0.15, 0.2) is 0 Å². The van der Waals surface area contributed by atoms with Crippen molar-refractivity contribution in [3.8, 4) is 0 Å². The van der Waals surface area contributed by atoms with E-state index in [4.69, 9.17) is 9.84 Å². The van der Waals surface area contributed by atoms with Gasteiger partial charge in [0.1, 0.15) is 0 Å². The zero-order valence-electron chi connectivity index (χ0n) is 11.6. The number of hydrogen-bond acceptors (Lipinski definition) is 4. The van der Waals surface area contributed by atoms with Gasteiger partial charge in [0.15, 0.2) is 0 Å². The van der Waals surface area contributed by atoms with E-state index in [1.165, 1.54) is 0 Å². The van der Waals surface area contributed by atoms with Gasteiger partial charge in [-0.3, -0.25) is 9.69 Å². The number of carbonyl (C=O) groups is 1. The Hall–Kier alpha value is -0.650. The largest absolute Gasteiger partial charge is 0.395 e. The fourth-order valence-corrected chi connectivity index (χ4v) is 2.13. The van der Waals surface area contributed by atoms with Gasteiger partial charge in [-0.05, 0) is 19.9 Å². The molecular formula is C13H26N2O3. The zero-order valence-corrected chi connectivity index (χ0v) is 11.6. The van der Waals surface area contributed by atoms with Crippen molar-refractivity contribution in [2.24, 2.45) is 0 Å². The highest BCUT2D eigenvalue weighted by Crippen LogP contribution is 2.06. The van der Waals surface area contributed by atoms with Crippen LogP contribution in [0, 0.1) is 0 Å². The molecule has 0 aromatic rings. The molecule has 1 amide bonds. The lowest BCUT2D eigenvalue weighted by atomic mass is 10.2. The third kappa shape index (κ3) is 5.33. The molecule has 0 unspecified atom stereocenters. The molecule has 0 saturated carbocycles. The summed E-state index contributed by atoms with van der Waals surface area (Å²) in [4.78, 5) is 16.0. The highest BCUT2D eigenvalue weighted by atomic mass is 16.5. The number of carbonyl (C=O) groups excluding carboxylic acids is 1. The van der Waals surface area contributed by atoms with Gasteiger partial charge in [-0.15, -0.1) is 0 Å². The lowest BCUT2D eigenvalue weighted by Gasteiger charge is -2.33. The molecule has 1 atom stereocenters. The van der Waals surface area contributed by atoms with Gasteiger partial charge in [0.05, 0.1) is 25.9 Å². The molecule has 1 fully saturated rings. The van der Waals surface area contributed by atoms with Crippen molar-refractivity contribution >= 4 is 5.91 Å². The minimum Gasteiger partial charge on any atom is -0.395 e. The van der Waals surface area contributed by atoms with E-state index in [0.29, 0.717) is 32.8 Å². The number of morpholine rings is 1. The Morgan fingerprint density at radius 2 is 2.28 bits per heavy atom. The van der Waals surface area contributed by atoms with E-state index in [1.54, 1.807) is 0 Å². The van der Waals surface area contributed by atoms with Gasteiger partial charge >= 0.3 is 0 Å². The van der Waals surface area contributed by atoms with Gasteiger partial charge in [0, 0.05) is 19.6 Å². The topological polar surface area (TPSA) is 53.0 Å². The zero-order chi connectivity index (χ0) is 13.4. The number of unbranched alkanes of at least 4 members (excludes halogenated alkanes) is 1. The van der Waals surface area contributed by atoms with Crippen LogP contribution in [0.4, 0.5) is 0 Å². The first-order valence-electron chi connectivity index (χ1n) is 6.90. The molecule has 1 saturated heterocycles. The summed E-state index contributed by atoms with van der Waals surface area (Å²) >= 11 is 0. The van der Waals surface area contributed by atoms with Gasteiger partial charge < -0.3 is 14.7 Å². The summed E-state index contributed by atoms with van der Waals surface area (Å²) in [5.74, 6) is 0.148. The number of hydrogen-bond donors (Lipinski definition) is 1. The fourth-order valence-electron chi connectivity index (χ4n) is 2.13. The average molecular weight is 258 g/mol. The molecule has 0 aromatic heterocycles. The minimum absolute atomic E-state index is 0.108. The van der Waals surface area contributed by atoms with E-state index in [1.807, 2.05) is 16.7 Å². The maximum Gasteiger partial charge on any atom is 0.236 e. The normalized spacial score (nSPS) is 20.4. The first-order valence-corrected chi connectivity index (χ1v) is 6.90. The van der Waals surface area contributed by atoms with Crippen LogP contribution in [0.3, 0.4) is 0 Å². The van der Waals surface area contributed by atoms with Gasteiger partial charge in [0.25, 0.3) is 0 Å². The SMILES string of the molecule is CCCCN(CCO)CC(=O)N1CCO[C@H](C)C1. The summed E-state index contributed by atoms with van der Waals surface area (Å²) in [6.45, 7) is 8.08. The number of nitrogens with zero attached hydrogens (tertiary/aromatic N) is 2. The lowest BCUT2D eigenvalue weighted by Crippen LogP contribution is -2.48. The second-order valence-corrected chi connectivity index (χ2v) is 4.87. The first-order chi connectivity index (χ1) is 8.67. The van der Waals surface area contributed by atoms with Gasteiger partial charge in [-0.25, -0.2) is 0 Å². The van der Waals surface area contributed by atoms with Crippen LogP contribution < -0.4 is 0 Å². The Kier molecular flexibility index (Phi) is 7.23. The molecule has 1 N–H and O–H groups in total. The fraction of sp³-hybridized carbons (Fsp3) is 0.923. The van der Waals surface area contributed by atoms with E-state index >= 15 is 0 Å². The molecule has 18 heavy (non-hydrogen) atoms. The van der Waals surface area contributed by atoms with Crippen molar-refractivity contribution in [3.63, 3.8) is 0 Å². The number of aliphatic hydroxyl groups excluding tert-OH is 1. The monoisotopic (exact) mass is 258 g/mol. The van der Waals surface area contributed by atoms with Crippen LogP contribution in [0.2, 0.25) is 0 Å². The van der Waals surface area contributed by atoms with E-state index in [-0.39, 0.29) is 18.6 Å². The third-order valence-electron chi connectivity index (χ3n) is 3.20. The van der Waals surface area contributed by atoms with Crippen LogP contribution in [-0.4, -0.2) is 72.9 Å². The molecule has 0 aliphatic carbocycles. The molecule has 0 bridgehead atoms. The highest BCUT2D eigenvalue weighted by Gasteiger charge is 2.22. The molecular weight excluding hydrogens is 232 g/mol. The van der Waals surface area contributed by atoms with E-state index in [9.17, 15) is 4.79 Å². The van der Waals surface area contributed by atoms with Crippen LogP contribution in [0.25, 0.3) is 0 Å². The van der Waals surface area contributed by atoms with Crippen molar-refractivity contribution < 1.29 is 14.6 Å². The molecule has 0 spiro atoms. The average Bonchev–Trinajstić information content (AvgIpc) is 2.36. The molecule has 0 aromatic carbocycles. The predicted molar refractivity (Wildman–Crippen MR) is 70.4 cm³/mol. The second kappa shape index (κ2) is 8.45. The minimum atomic E-state index is 0.108. The van der Waals surface area contributed by atoms with E-state index in [0.717, 1.165) is 19.4 Å². The summed E-state index contributed by atoms with van der Waals surface area (Å²) < 4.78 is 5.43. The molecule has 5 heteroatoms. The Balaban J connectivity index is 2.38. The summed E-state index contributed by atoms with van der Waals surface area (Å²) in [6.07, 6.45) is 2.29. The second-order valence-electron chi connectivity index (χ2n) is 4.87. The maximum atomic E-state index is 12.1. The summed E-state index contributed by atoms with van der Waals surface area (Å²) in [6, 6.07) is 0. The number of amides is 1. The number of rotatable bonds is 7. The standard InChI is InChI=1S/C13H26N2O3/c1-3-4-5-14(6-8-16)11-13(17)15-7-9-18-12(2)10-15/h12,16H,3-11H2,1-2H3/t12-/m1/s1. The Morgan fingerprint density at radius 3 is 2.89 bits per heavy atom. The smallest absolute Gasteiger partial charge is 0.236 e. The molecule has 1 aliphatic rings. The van der Waals surface area contributed by atoms with Gasteiger partial charge in [-0.1, -0.05) is 13.3 Å². The van der Waals surface area contributed by atoms with Crippen LogP contribution in [0.5, 0.6) is 0 Å². The van der Waals surface area contributed by atoms with Crippen LogP contribution in [-0.2, 0) is 9.53 Å². The summed E-state index contributed by atoms with van der Waals surface area (Å²) in [5.41, 5.74) is 0. The molecule has 1 aliphatic heterocycles. The Bertz CT molecular complexity index is 248. The Morgan fingerprint density at radius 1 is 1.50 bits per heavy atom. The number of aliphatic hydroxyl groups is 1. The third-order valence-corrected chi connectivity index (χ3v) is 3.20. The van der Waals surface area contributed by atoms with Crippen molar-refractivity contribution in [1.82, 2.24) is 9.80 Å². The Labute approximate surface area is 110 Å². The summed E-state index contributed by atoms with van der Waals surface area (Å²) in [5, 5.41) is 9.01. The van der Waals surface area contributed by atoms with Gasteiger partial charge in [-0.2, -0.15) is 0 Å². The highest BCUT2D eigenvalue weighted by molar-refractivity contribution is 5.78. The van der Waals surface area contributed by atoms with Crippen molar-refractivity contribution in [2.75, 3.05) is 45.9 Å². The molecule has 0 radical (unpaired) electrons. The molecule has 106 valence electrons. The van der Waals surface area contributed by atoms with Crippen molar-refractivity contribution in [1.29, 1.82) is 0 Å². The first kappa shape index (κ1) is 15.4. The van der Waals surface area contributed by atoms with Gasteiger partial charge in [0.2, 0.25) is 5.91 Å². The lowest BCUT2D eigenvalue weighted by molar-refractivity contribution is -0.139. The van der Waals surface area contributed by atoms with E-state index < -0.39 is 0 Å². The molecule has 1 rings (SSSR count). The van der Waals surface area contributed by atoms with Crippen molar-refractivity contribution in [2.45, 2.75) is 32.8 Å². The molecule has 5 nitrogen and oxygen atoms in total.